The highest BCUT2D eigenvalue weighted by Gasteiger charge is 2.32. The lowest BCUT2D eigenvalue weighted by Crippen LogP contribution is -2.46. The Bertz CT molecular complexity index is 935. The van der Waals surface area contributed by atoms with Gasteiger partial charge in [-0.3, -0.25) is 9.69 Å². The first-order valence-corrected chi connectivity index (χ1v) is 12.3. The minimum absolute atomic E-state index is 0.0278. The number of fused-ring (bicyclic) bond motifs is 1. The van der Waals surface area contributed by atoms with Crippen LogP contribution < -0.4 is 4.90 Å². The molecule has 1 unspecified atom stereocenters. The van der Waals surface area contributed by atoms with Crippen molar-refractivity contribution >= 4 is 11.6 Å². The second kappa shape index (κ2) is 10.7. The number of anilines is 1. The van der Waals surface area contributed by atoms with Crippen LogP contribution >= 0.6 is 0 Å². The highest BCUT2D eigenvalue weighted by atomic mass is 19.1. The zero-order valence-electron chi connectivity index (χ0n) is 20.2. The van der Waals surface area contributed by atoms with E-state index >= 15 is 0 Å². The van der Waals surface area contributed by atoms with Gasteiger partial charge in [0.1, 0.15) is 5.82 Å². The summed E-state index contributed by atoms with van der Waals surface area (Å²) in [5.41, 5.74) is 4.03. The lowest BCUT2D eigenvalue weighted by atomic mass is 10.1. The van der Waals surface area contributed by atoms with E-state index in [1.54, 1.807) is 7.11 Å². The average Bonchev–Trinajstić information content (AvgIpc) is 3.09. The zero-order chi connectivity index (χ0) is 23.4. The van der Waals surface area contributed by atoms with E-state index in [1.165, 1.54) is 12.1 Å². The first kappa shape index (κ1) is 23.8. The predicted octanol–water partition coefficient (Wildman–Crippen LogP) is 4.09. The van der Waals surface area contributed by atoms with Gasteiger partial charge in [0, 0.05) is 64.8 Å². The summed E-state index contributed by atoms with van der Waals surface area (Å²) in [6.45, 7) is 11.5. The topological polar surface area (TPSA) is 41.0 Å². The zero-order valence-corrected chi connectivity index (χ0v) is 20.2. The molecule has 1 aromatic heterocycles. The number of piperazine rings is 1. The number of hydrogen-bond donors (Lipinski definition) is 0. The Morgan fingerprint density at radius 1 is 1.03 bits per heavy atom. The van der Waals surface area contributed by atoms with E-state index in [0.29, 0.717) is 0 Å². The van der Waals surface area contributed by atoms with Crippen LogP contribution in [0.2, 0.25) is 0 Å². The summed E-state index contributed by atoms with van der Waals surface area (Å²) in [7, 11) is 1.74. The summed E-state index contributed by atoms with van der Waals surface area (Å²) >= 11 is 0. The summed E-state index contributed by atoms with van der Waals surface area (Å²) < 4.78 is 21.1. The number of aryl methyl sites for hydroxylation is 2. The number of benzene rings is 1. The quantitative estimate of drug-likeness (QED) is 0.561. The number of unbranched alkanes of at least 4 members (excludes halogenated alkanes) is 1. The standard InChI is InChI=1S/C26H37FN4O2/c1-4-29-19-20(2)24-25(29)23(33-3)11-14-31(26(24)32)13-6-5-12-28-15-17-30(18-16-28)22-9-7-21(27)8-10-22/h7-10,19,23H,4-6,11-18H2,1-3H3. The maximum atomic E-state index is 13.4. The number of carbonyl (C=O) groups is 1. The van der Waals surface area contributed by atoms with Crippen LogP contribution in [0.5, 0.6) is 0 Å². The van der Waals surface area contributed by atoms with E-state index in [1.807, 2.05) is 24.0 Å². The number of aromatic nitrogens is 1. The number of rotatable bonds is 8. The van der Waals surface area contributed by atoms with Crippen molar-refractivity contribution in [3.63, 3.8) is 0 Å². The summed E-state index contributed by atoms with van der Waals surface area (Å²) in [5, 5.41) is 0. The minimum Gasteiger partial charge on any atom is -0.375 e. The van der Waals surface area contributed by atoms with Crippen LogP contribution in [-0.2, 0) is 11.3 Å². The molecule has 0 saturated carbocycles. The summed E-state index contributed by atoms with van der Waals surface area (Å²) in [5.74, 6) is -0.0329. The highest BCUT2D eigenvalue weighted by molar-refractivity contribution is 5.97. The Morgan fingerprint density at radius 2 is 1.73 bits per heavy atom. The van der Waals surface area contributed by atoms with Crippen molar-refractivity contribution in [3.8, 4) is 0 Å². The molecular weight excluding hydrogens is 419 g/mol. The number of ether oxygens (including phenoxy) is 1. The third kappa shape index (κ3) is 5.25. The van der Waals surface area contributed by atoms with Gasteiger partial charge in [0.05, 0.1) is 17.4 Å². The molecule has 33 heavy (non-hydrogen) atoms. The minimum atomic E-state index is -0.188. The van der Waals surface area contributed by atoms with Gasteiger partial charge in [-0.25, -0.2) is 4.39 Å². The number of amides is 1. The fraction of sp³-hybridized carbons (Fsp3) is 0.577. The van der Waals surface area contributed by atoms with Crippen LogP contribution in [-0.4, -0.2) is 73.2 Å². The van der Waals surface area contributed by atoms with Crippen molar-refractivity contribution in [1.29, 1.82) is 0 Å². The molecular formula is C26H37FN4O2. The molecule has 1 atom stereocenters. The molecule has 6 nitrogen and oxygen atoms in total. The lowest BCUT2D eigenvalue weighted by molar-refractivity contribution is 0.0691. The molecule has 1 amide bonds. The highest BCUT2D eigenvalue weighted by Crippen LogP contribution is 2.32. The van der Waals surface area contributed by atoms with E-state index in [2.05, 4.69) is 27.5 Å². The van der Waals surface area contributed by atoms with E-state index in [0.717, 1.165) is 94.1 Å². The Kier molecular flexibility index (Phi) is 7.71. The summed E-state index contributed by atoms with van der Waals surface area (Å²) in [6, 6.07) is 6.78. The van der Waals surface area contributed by atoms with Crippen molar-refractivity contribution in [2.75, 3.05) is 57.8 Å². The van der Waals surface area contributed by atoms with Crippen LogP contribution in [0.15, 0.2) is 30.5 Å². The SMILES string of the molecule is CCn1cc(C)c2c1C(OC)CCN(CCCCN1CCN(c3ccc(F)cc3)CC1)C2=O. The fourth-order valence-corrected chi connectivity index (χ4v) is 5.23. The van der Waals surface area contributed by atoms with Gasteiger partial charge >= 0.3 is 0 Å². The molecule has 0 radical (unpaired) electrons. The van der Waals surface area contributed by atoms with Gasteiger partial charge in [-0.15, -0.1) is 0 Å². The van der Waals surface area contributed by atoms with E-state index in [9.17, 15) is 9.18 Å². The van der Waals surface area contributed by atoms with Gasteiger partial charge in [-0.1, -0.05) is 0 Å². The number of hydrogen-bond acceptors (Lipinski definition) is 4. The molecule has 180 valence electrons. The predicted molar refractivity (Wildman–Crippen MR) is 129 cm³/mol. The second-order valence-electron chi connectivity index (χ2n) is 9.18. The van der Waals surface area contributed by atoms with E-state index in [4.69, 9.17) is 4.74 Å². The van der Waals surface area contributed by atoms with Crippen molar-refractivity contribution < 1.29 is 13.9 Å². The maximum absolute atomic E-state index is 13.4. The third-order valence-corrected chi connectivity index (χ3v) is 7.12. The van der Waals surface area contributed by atoms with Crippen LogP contribution in [0.3, 0.4) is 0 Å². The molecule has 2 aliphatic heterocycles. The van der Waals surface area contributed by atoms with Gasteiger partial charge in [0.15, 0.2) is 0 Å². The molecule has 1 aromatic carbocycles. The number of carbonyl (C=O) groups excluding carboxylic acids is 1. The maximum Gasteiger partial charge on any atom is 0.256 e. The number of nitrogens with zero attached hydrogens (tertiary/aromatic N) is 4. The Morgan fingerprint density at radius 3 is 2.39 bits per heavy atom. The molecule has 1 fully saturated rings. The van der Waals surface area contributed by atoms with Gasteiger partial charge in [0.2, 0.25) is 0 Å². The molecule has 3 heterocycles. The van der Waals surface area contributed by atoms with Crippen LogP contribution in [0.4, 0.5) is 10.1 Å². The van der Waals surface area contributed by atoms with Gasteiger partial charge in [-0.2, -0.15) is 0 Å². The Balaban J connectivity index is 1.26. The summed E-state index contributed by atoms with van der Waals surface area (Å²) in [6.07, 6.45) is 4.98. The van der Waals surface area contributed by atoms with Crippen LogP contribution in [0, 0.1) is 12.7 Å². The molecule has 4 rings (SSSR count). The fourth-order valence-electron chi connectivity index (χ4n) is 5.23. The van der Waals surface area contributed by atoms with Crippen molar-refractivity contribution in [2.24, 2.45) is 0 Å². The molecule has 0 bridgehead atoms. The molecule has 2 aromatic rings. The summed E-state index contributed by atoms with van der Waals surface area (Å²) in [4.78, 5) is 20.2. The first-order valence-electron chi connectivity index (χ1n) is 12.3. The van der Waals surface area contributed by atoms with Crippen LogP contribution in [0.25, 0.3) is 0 Å². The van der Waals surface area contributed by atoms with Gasteiger partial charge < -0.3 is 19.1 Å². The molecule has 1 saturated heterocycles. The second-order valence-corrected chi connectivity index (χ2v) is 9.18. The van der Waals surface area contributed by atoms with Crippen LogP contribution in [0.1, 0.15) is 53.9 Å². The van der Waals surface area contributed by atoms with Crippen molar-refractivity contribution in [3.05, 3.63) is 53.1 Å². The average molecular weight is 457 g/mol. The van der Waals surface area contributed by atoms with E-state index in [-0.39, 0.29) is 17.8 Å². The lowest BCUT2D eigenvalue weighted by Gasteiger charge is -2.36. The molecule has 0 spiro atoms. The molecule has 2 aliphatic rings. The molecule has 7 heteroatoms. The molecule has 0 aliphatic carbocycles. The van der Waals surface area contributed by atoms with E-state index < -0.39 is 0 Å². The number of halogens is 1. The van der Waals surface area contributed by atoms with Crippen molar-refractivity contribution in [2.45, 2.75) is 45.8 Å². The number of methoxy groups -OCH3 is 1. The first-order chi connectivity index (χ1) is 16.0. The monoisotopic (exact) mass is 456 g/mol. The van der Waals surface area contributed by atoms with Gasteiger partial charge in [-0.05, 0) is 69.5 Å². The third-order valence-electron chi connectivity index (χ3n) is 7.12. The normalized spacial score (nSPS) is 19.6. The Labute approximate surface area is 196 Å². The van der Waals surface area contributed by atoms with Gasteiger partial charge in [0.25, 0.3) is 5.91 Å². The largest absolute Gasteiger partial charge is 0.375 e. The van der Waals surface area contributed by atoms with Crippen molar-refractivity contribution in [1.82, 2.24) is 14.4 Å². The molecule has 0 N–H and O–H groups in total. The smallest absolute Gasteiger partial charge is 0.256 e. The Hall–Kier alpha value is -2.38.